The lowest BCUT2D eigenvalue weighted by Crippen LogP contribution is -2.21. The molecule has 8 heteroatoms. The number of halogens is 1. The van der Waals surface area contributed by atoms with Crippen molar-refractivity contribution < 1.29 is 9.59 Å². The first-order valence-corrected chi connectivity index (χ1v) is 9.80. The van der Waals surface area contributed by atoms with E-state index in [2.05, 4.69) is 10.3 Å². The molecule has 2 aromatic carbocycles. The lowest BCUT2D eigenvalue weighted by molar-refractivity contribution is 0.100. The number of carbonyl (C=O) groups excluding carboxylic acids is 2. The summed E-state index contributed by atoms with van der Waals surface area (Å²) in [6.45, 7) is 5.22. The van der Waals surface area contributed by atoms with Gasteiger partial charge in [0.05, 0.1) is 27.5 Å². The van der Waals surface area contributed by atoms with E-state index >= 15 is 0 Å². The summed E-state index contributed by atoms with van der Waals surface area (Å²) >= 11 is 5.95. The maximum Gasteiger partial charge on any atom is 0.257 e. The standard InChI is InChI=1S/C23H22ClN5O2/c1-11-8-17(19-7-4-14(24)10-28-19)21(18(9-11)22(27)30)29-23(31)16-6-5-15(13(3)25)12(2)20(16)26/h4-10,25H,26H2,1-3H3,(H2,27,30)(H,29,31). The van der Waals surface area contributed by atoms with Gasteiger partial charge in [0, 0.05) is 23.2 Å². The van der Waals surface area contributed by atoms with E-state index in [1.54, 1.807) is 50.2 Å². The second-order valence-electron chi connectivity index (χ2n) is 7.24. The van der Waals surface area contributed by atoms with Gasteiger partial charge < -0.3 is 22.2 Å². The minimum Gasteiger partial charge on any atom is -0.398 e. The number of aryl methyl sites for hydroxylation is 1. The van der Waals surface area contributed by atoms with Gasteiger partial charge in [-0.25, -0.2) is 0 Å². The highest BCUT2D eigenvalue weighted by molar-refractivity contribution is 6.30. The molecule has 0 aliphatic rings. The van der Waals surface area contributed by atoms with Gasteiger partial charge >= 0.3 is 0 Å². The van der Waals surface area contributed by atoms with E-state index in [1.807, 2.05) is 6.92 Å². The van der Waals surface area contributed by atoms with E-state index < -0.39 is 11.8 Å². The van der Waals surface area contributed by atoms with Gasteiger partial charge in [-0.15, -0.1) is 0 Å². The average molecular weight is 436 g/mol. The SMILES string of the molecule is CC(=N)c1ccc(C(=O)Nc2c(C(N)=O)cc(C)cc2-c2ccc(Cl)cn2)c(N)c1C. The predicted octanol–water partition coefficient (Wildman–Crippen LogP) is 4.34. The number of nitrogens with two attached hydrogens (primary N) is 2. The number of rotatable bonds is 5. The van der Waals surface area contributed by atoms with E-state index in [0.717, 1.165) is 5.56 Å². The van der Waals surface area contributed by atoms with E-state index in [9.17, 15) is 9.59 Å². The number of primary amides is 1. The third-order valence-corrected chi connectivity index (χ3v) is 5.18. The number of benzene rings is 2. The second kappa shape index (κ2) is 8.57. The molecule has 1 heterocycles. The first kappa shape index (κ1) is 22.0. The molecule has 158 valence electrons. The molecule has 0 bridgehead atoms. The van der Waals surface area contributed by atoms with E-state index in [4.69, 9.17) is 28.5 Å². The molecule has 0 fully saturated rings. The van der Waals surface area contributed by atoms with Crippen LogP contribution < -0.4 is 16.8 Å². The van der Waals surface area contributed by atoms with Crippen molar-refractivity contribution >= 4 is 40.5 Å². The highest BCUT2D eigenvalue weighted by Gasteiger charge is 2.21. The Kier molecular flexibility index (Phi) is 6.08. The molecular formula is C23H22ClN5O2. The Morgan fingerprint density at radius 2 is 1.74 bits per heavy atom. The van der Waals surface area contributed by atoms with Gasteiger partial charge in [0.2, 0.25) is 0 Å². The third kappa shape index (κ3) is 4.41. The molecule has 0 radical (unpaired) electrons. The van der Waals surface area contributed by atoms with Crippen LogP contribution in [0.25, 0.3) is 11.3 Å². The Bertz CT molecular complexity index is 1220. The lowest BCUT2D eigenvalue weighted by atomic mass is 9.97. The smallest absolute Gasteiger partial charge is 0.257 e. The van der Waals surface area contributed by atoms with Gasteiger partial charge in [-0.05, 0) is 67.8 Å². The Morgan fingerprint density at radius 3 is 2.32 bits per heavy atom. The van der Waals surface area contributed by atoms with Crippen molar-refractivity contribution in [3.8, 4) is 11.3 Å². The number of hydrogen-bond acceptors (Lipinski definition) is 5. The number of anilines is 2. The number of carbonyl (C=O) groups is 2. The third-order valence-electron chi connectivity index (χ3n) is 4.95. The summed E-state index contributed by atoms with van der Waals surface area (Å²) in [4.78, 5) is 29.6. The van der Waals surface area contributed by atoms with Crippen molar-refractivity contribution in [1.82, 2.24) is 4.98 Å². The number of amides is 2. The highest BCUT2D eigenvalue weighted by atomic mass is 35.5. The van der Waals surface area contributed by atoms with Crippen LogP contribution in [-0.4, -0.2) is 22.5 Å². The molecule has 0 saturated heterocycles. The van der Waals surface area contributed by atoms with Crippen LogP contribution >= 0.6 is 11.6 Å². The van der Waals surface area contributed by atoms with Crippen LogP contribution in [0.3, 0.4) is 0 Å². The molecular weight excluding hydrogens is 414 g/mol. The van der Waals surface area contributed by atoms with Crippen LogP contribution in [0.1, 0.15) is 44.3 Å². The van der Waals surface area contributed by atoms with Crippen LogP contribution in [0.5, 0.6) is 0 Å². The normalized spacial score (nSPS) is 10.6. The maximum atomic E-state index is 13.1. The lowest BCUT2D eigenvalue weighted by Gasteiger charge is -2.17. The summed E-state index contributed by atoms with van der Waals surface area (Å²) in [5, 5.41) is 11.1. The van der Waals surface area contributed by atoms with Gasteiger partial charge in [-0.2, -0.15) is 0 Å². The molecule has 7 nitrogen and oxygen atoms in total. The van der Waals surface area contributed by atoms with Gasteiger partial charge in [0.25, 0.3) is 11.8 Å². The van der Waals surface area contributed by atoms with E-state index in [0.29, 0.717) is 33.1 Å². The zero-order valence-electron chi connectivity index (χ0n) is 17.3. The Labute approximate surface area is 184 Å². The van der Waals surface area contributed by atoms with Gasteiger partial charge in [0.15, 0.2) is 0 Å². The number of aromatic nitrogens is 1. The molecule has 0 aliphatic carbocycles. The molecule has 0 aliphatic heterocycles. The van der Waals surface area contributed by atoms with E-state index in [1.165, 1.54) is 6.20 Å². The fourth-order valence-electron chi connectivity index (χ4n) is 3.37. The largest absolute Gasteiger partial charge is 0.398 e. The summed E-state index contributed by atoms with van der Waals surface area (Å²) in [5.74, 6) is -1.19. The molecule has 0 atom stereocenters. The number of nitrogen functional groups attached to an aromatic ring is 1. The average Bonchev–Trinajstić information content (AvgIpc) is 2.71. The number of nitrogens with one attached hydrogen (secondary N) is 2. The number of nitrogens with zero attached hydrogens (tertiary/aromatic N) is 1. The first-order valence-electron chi connectivity index (χ1n) is 9.42. The summed E-state index contributed by atoms with van der Waals surface area (Å²) in [6.07, 6.45) is 1.48. The molecule has 31 heavy (non-hydrogen) atoms. The maximum absolute atomic E-state index is 13.1. The van der Waals surface area contributed by atoms with Crippen LogP contribution in [0.4, 0.5) is 11.4 Å². The van der Waals surface area contributed by atoms with Crippen LogP contribution in [0, 0.1) is 19.3 Å². The van der Waals surface area contributed by atoms with Crippen molar-refractivity contribution in [2.24, 2.45) is 5.73 Å². The van der Waals surface area contributed by atoms with Gasteiger partial charge in [-0.1, -0.05) is 17.7 Å². The Hall–Kier alpha value is -3.71. The van der Waals surface area contributed by atoms with Crippen LogP contribution in [0.15, 0.2) is 42.6 Å². The second-order valence-corrected chi connectivity index (χ2v) is 7.68. The summed E-state index contributed by atoms with van der Waals surface area (Å²) < 4.78 is 0. The van der Waals surface area contributed by atoms with Gasteiger partial charge in [0.1, 0.15) is 0 Å². The van der Waals surface area contributed by atoms with Crippen molar-refractivity contribution in [3.63, 3.8) is 0 Å². The summed E-state index contributed by atoms with van der Waals surface area (Å²) in [5.41, 5.74) is 16.1. The highest BCUT2D eigenvalue weighted by Crippen LogP contribution is 2.33. The zero-order valence-corrected chi connectivity index (χ0v) is 18.1. The molecule has 3 rings (SSSR count). The van der Waals surface area contributed by atoms with Crippen LogP contribution in [-0.2, 0) is 0 Å². The van der Waals surface area contributed by atoms with Crippen LogP contribution in [0.2, 0.25) is 5.02 Å². The van der Waals surface area contributed by atoms with Gasteiger partial charge in [-0.3, -0.25) is 14.6 Å². The molecule has 3 aromatic rings. The fraction of sp³-hybridized carbons (Fsp3) is 0.130. The van der Waals surface area contributed by atoms with Crippen molar-refractivity contribution in [1.29, 1.82) is 5.41 Å². The minimum atomic E-state index is -0.687. The van der Waals surface area contributed by atoms with Crippen molar-refractivity contribution in [2.45, 2.75) is 20.8 Å². The zero-order chi connectivity index (χ0) is 22.9. The molecule has 0 unspecified atom stereocenters. The molecule has 0 spiro atoms. The molecule has 6 N–H and O–H groups in total. The Balaban J connectivity index is 2.13. The molecule has 1 aromatic heterocycles. The number of pyridine rings is 1. The molecule has 0 saturated carbocycles. The number of hydrogen-bond donors (Lipinski definition) is 4. The molecule has 2 amide bonds. The quantitative estimate of drug-likeness (QED) is 0.350. The van der Waals surface area contributed by atoms with Crippen molar-refractivity contribution in [3.05, 3.63) is 75.4 Å². The topological polar surface area (TPSA) is 135 Å². The van der Waals surface area contributed by atoms with E-state index in [-0.39, 0.29) is 22.5 Å². The Morgan fingerprint density at radius 1 is 1.06 bits per heavy atom. The van der Waals surface area contributed by atoms with Crippen molar-refractivity contribution in [2.75, 3.05) is 11.1 Å². The summed E-state index contributed by atoms with van der Waals surface area (Å²) in [7, 11) is 0. The minimum absolute atomic E-state index is 0.155. The predicted molar refractivity (Wildman–Crippen MR) is 124 cm³/mol. The fourth-order valence-corrected chi connectivity index (χ4v) is 3.48. The first-order chi connectivity index (χ1) is 14.6. The summed E-state index contributed by atoms with van der Waals surface area (Å²) in [6, 6.07) is 10.00. The monoisotopic (exact) mass is 435 g/mol.